The van der Waals surface area contributed by atoms with Crippen LogP contribution in [-0.2, 0) is 16.0 Å². The molecule has 1 aromatic carbocycles. The summed E-state index contributed by atoms with van der Waals surface area (Å²) in [4.78, 5) is 22.8. The van der Waals surface area contributed by atoms with E-state index < -0.39 is 11.9 Å². The van der Waals surface area contributed by atoms with Gasteiger partial charge in [-0.1, -0.05) is 25.1 Å². The highest BCUT2D eigenvalue weighted by Crippen LogP contribution is 2.07. The Balaban J connectivity index is 2.56. The maximum absolute atomic E-state index is 13.3. The lowest BCUT2D eigenvalue weighted by atomic mass is 10.1. The molecule has 0 saturated heterocycles. The van der Waals surface area contributed by atoms with Crippen molar-refractivity contribution in [3.63, 3.8) is 0 Å². The lowest BCUT2D eigenvalue weighted by Crippen LogP contribution is -2.39. The molecule has 0 aromatic heterocycles. The van der Waals surface area contributed by atoms with Gasteiger partial charge in [-0.2, -0.15) is 0 Å². The van der Waals surface area contributed by atoms with Gasteiger partial charge in [0.15, 0.2) is 5.78 Å². The molecule has 92 valence electrons. The van der Waals surface area contributed by atoms with Crippen molar-refractivity contribution in [3.05, 3.63) is 35.6 Å². The van der Waals surface area contributed by atoms with E-state index in [0.717, 1.165) is 0 Å². The molecule has 3 nitrogen and oxygen atoms in total. The van der Waals surface area contributed by atoms with Crippen LogP contribution in [0.5, 0.6) is 0 Å². The van der Waals surface area contributed by atoms with Crippen LogP contribution in [0.15, 0.2) is 24.3 Å². The molecular formula is C13H16FNO2. The fourth-order valence-electron chi connectivity index (χ4n) is 1.49. The van der Waals surface area contributed by atoms with Crippen LogP contribution in [0.2, 0.25) is 0 Å². The number of carbonyl (C=O) groups is 2. The zero-order valence-electron chi connectivity index (χ0n) is 10.00. The number of ketones is 1. The summed E-state index contributed by atoms with van der Waals surface area (Å²) in [6, 6.07) is 5.59. The third-order valence-electron chi connectivity index (χ3n) is 2.52. The van der Waals surface area contributed by atoms with Crippen molar-refractivity contribution < 1.29 is 14.0 Å². The van der Waals surface area contributed by atoms with Crippen molar-refractivity contribution in [2.75, 3.05) is 0 Å². The molecule has 1 N–H and O–H groups in total. The molecule has 0 saturated carbocycles. The SMILES string of the molecule is CCC(=O)C(C)NC(=O)Cc1ccccc1F. The molecule has 0 aliphatic heterocycles. The van der Waals surface area contributed by atoms with E-state index in [-0.39, 0.29) is 18.1 Å². The molecule has 1 unspecified atom stereocenters. The smallest absolute Gasteiger partial charge is 0.225 e. The van der Waals surface area contributed by atoms with Crippen molar-refractivity contribution in [1.29, 1.82) is 0 Å². The quantitative estimate of drug-likeness (QED) is 0.849. The van der Waals surface area contributed by atoms with Gasteiger partial charge in [0, 0.05) is 6.42 Å². The molecule has 0 aliphatic carbocycles. The van der Waals surface area contributed by atoms with E-state index in [1.54, 1.807) is 32.0 Å². The van der Waals surface area contributed by atoms with E-state index in [0.29, 0.717) is 12.0 Å². The number of nitrogens with one attached hydrogen (secondary N) is 1. The Morgan fingerprint density at radius 3 is 2.59 bits per heavy atom. The molecular weight excluding hydrogens is 221 g/mol. The highest BCUT2D eigenvalue weighted by atomic mass is 19.1. The number of carbonyl (C=O) groups excluding carboxylic acids is 2. The van der Waals surface area contributed by atoms with Crippen LogP contribution < -0.4 is 5.32 Å². The van der Waals surface area contributed by atoms with Gasteiger partial charge in [-0.25, -0.2) is 4.39 Å². The first-order valence-corrected chi connectivity index (χ1v) is 5.60. The molecule has 4 heteroatoms. The fraction of sp³-hybridized carbons (Fsp3) is 0.385. The Morgan fingerprint density at radius 1 is 1.35 bits per heavy atom. The molecule has 0 fully saturated rings. The van der Waals surface area contributed by atoms with E-state index in [1.165, 1.54) is 6.07 Å². The zero-order valence-corrected chi connectivity index (χ0v) is 10.00. The number of halogens is 1. The van der Waals surface area contributed by atoms with E-state index in [1.807, 2.05) is 0 Å². The van der Waals surface area contributed by atoms with Crippen LogP contribution in [0.25, 0.3) is 0 Å². The van der Waals surface area contributed by atoms with Crippen LogP contribution in [0.1, 0.15) is 25.8 Å². The van der Waals surface area contributed by atoms with Gasteiger partial charge < -0.3 is 5.32 Å². The molecule has 1 atom stereocenters. The number of benzene rings is 1. The maximum atomic E-state index is 13.3. The van der Waals surface area contributed by atoms with Gasteiger partial charge in [-0.15, -0.1) is 0 Å². The standard InChI is InChI=1S/C13H16FNO2/c1-3-12(16)9(2)15-13(17)8-10-6-4-5-7-11(10)14/h4-7,9H,3,8H2,1-2H3,(H,15,17). The second-order valence-electron chi connectivity index (χ2n) is 3.88. The normalized spacial score (nSPS) is 11.9. The number of hydrogen-bond donors (Lipinski definition) is 1. The van der Waals surface area contributed by atoms with Gasteiger partial charge in [0.05, 0.1) is 12.5 Å². The highest BCUT2D eigenvalue weighted by molar-refractivity contribution is 5.89. The van der Waals surface area contributed by atoms with Crippen molar-refractivity contribution in [1.82, 2.24) is 5.32 Å². The van der Waals surface area contributed by atoms with Crippen LogP contribution >= 0.6 is 0 Å². The van der Waals surface area contributed by atoms with Crippen molar-refractivity contribution in [2.24, 2.45) is 0 Å². The summed E-state index contributed by atoms with van der Waals surface area (Å²) in [7, 11) is 0. The van der Waals surface area contributed by atoms with Gasteiger partial charge in [0.2, 0.25) is 5.91 Å². The molecule has 0 bridgehead atoms. The van der Waals surface area contributed by atoms with E-state index in [2.05, 4.69) is 5.32 Å². The lowest BCUT2D eigenvalue weighted by Gasteiger charge is -2.11. The monoisotopic (exact) mass is 237 g/mol. The minimum atomic E-state index is -0.515. The van der Waals surface area contributed by atoms with Crippen LogP contribution in [0.4, 0.5) is 4.39 Å². The third-order valence-corrected chi connectivity index (χ3v) is 2.52. The molecule has 1 rings (SSSR count). The average molecular weight is 237 g/mol. The first-order chi connectivity index (χ1) is 8.04. The van der Waals surface area contributed by atoms with Gasteiger partial charge in [0.1, 0.15) is 5.82 Å². The van der Waals surface area contributed by atoms with Gasteiger partial charge >= 0.3 is 0 Å². The summed E-state index contributed by atoms with van der Waals surface area (Å²) in [5.74, 6) is -0.784. The van der Waals surface area contributed by atoms with Crippen LogP contribution in [-0.4, -0.2) is 17.7 Å². The second-order valence-corrected chi connectivity index (χ2v) is 3.88. The van der Waals surface area contributed by atoms with E-state index in [9.17, 15) is 14.0 Å². The average Bonchev–Trinajstić information content (AvgIpc) is 2.31. The van der Waals surface area contributed by atoms with Crippen LogP contribution in [0, 0.1) is 5.82 Å². The largest absolute Gasteiger partial charge is 0.346 e. The zero-order chi connectivity index (χ0) is 12.8. The molecule has 17 heavy (non-hydrogen) atoms. The molecule has 0 heterocycles. The summed E-state index contributed by atoms with van der Waals surface area (Å²) in [5.41, 5.74) is 0.334. The molecule has 0 aliphatic rings. The lowest BCUT2D eigenvalue weighted by molar-refractivity contribution is -0.126. The van der Waals surface area contributed by atoms with Gasteiger partial charge in [0.25, 0.3) is 0 Å². The van der Waals surface area contributed by atoms with Crippen LogP contribution in [0.3, 0.4) is 0 Å². The molecule has 1 amide bonds. The van der Waals surface area contributed by atoms with E-state index >= 15 is 0 Å². The number of Topliss-reactive ketones (excluding diaryl/α,β-unsaturated/α-hetero) is 1. The number of rotatable bonds is 5. The summed E-state index contributed by atoms with van der Waals surface area (Å²) < 4.78 is 13.3. The Morgan fingerprint density at radius 2 is 2.00 bits per heavy atom. The van der Waals surface area contributed by atoms with Crippen molar-refractivity contribution in [3.8, 4) is 0 Å². The van der Waals surface area contributed by atoms with Crippen molar-refractivity contribution in [2.45, 2.75) is 32.7 Å². The third kappa shape index (κ3) is 3.98. The first-order valence-electron chi connectivity index (χ1n) is 5.60. The summed E-state index contributed by atoms with van der Waals surface area (Å²) in [6.45, 7) is 3.37. The minimum Gasteiger partial charge on any atom is -0.346 e. The Bertz CT molecular complexity index is 418. The van der Waals surface area contributed by atoms with Crippen molar-refractivity contribution >= 4 is 11.7 Å². The Hall–Kier alpha value is -1.71. The summed E-state index contributed by atoms with van der Waals surface area (Å²) >= 11 is 0. The maximum Gasteiger partial charge on any atom is 0.225 e. The predicted octanol–water partition coefficient (Wildman–Crippen LogP) is 1.85. The molecule has 1 aromatic rings. The number of amides is 1. The first kappa shape index (κ1) is 13.4. The fourth-order valence-corrected chi connectivity index (χ4v) is 1.49. The Labute approximate surface area is 100 Å². The molecule has 0 spiro atoms. The van der Waals surface area contributed by atoms with Gasteiger partial charge in [-0.3, -0.25) is 9.59 Å². The topological polar surface area (TPSA) is 46.2 Å². The second kappa shape index (κ2) is 6.13. The van der Waals surface area contributed by atoms with Gasteiger partial charge in [-0.05, 0) is 18.6 Å². The predicted molar refractivity (Wildman–Crippen MR) is 63.0 cm³/mol. The highest BCUT2D eigenvalue weighted by Gasteiger charge is 2.14. The summed E-state index contributed by atoms with van der Waals surface area (Å²) in [5, 5.41) is 2.55. The summed E-state index contributed by atoms with van der Waals surface area (Å²) in [6.07, 6.45) is 0.329. The molecule has 0 radical (unpaired) electrons. The minimum absolute atomic E-state index is 0.0353. The Kier molecular flexibility index (Phi) is 4.82. The number of hydrogen-bond acceptors (Lipinski definition) is 2. The van der Waals surface area contributed by atoms with E-state index in [4.69, 9.17) is 0 Å².